The number of nitro benzene ring substituents is 1. The number of halogens is 1. The van der Waals surface area contributed by atoms with E-state index in [2.05, 4.69) is 10.7 Å². The van der Waals surface area contributed by atoms with Crippen LogP contribution in [0.15, 0.2) is 71.6 Å². The van der Waals surface area contributed by atoms with Gasteiger partial charge in [-0.05, 0) is 66.3 Å². The maximum absolute atomic E-state index is 12.9. The van der Waals surface area contributed by atoms with Crippen molar-refractivity contribution in [3.8, 4) is 11.5 Å². The van der Waals surface area contributed by atoms with E-state index in [0.29, 0.717) is 21.9 Å². The van der Waals surface area contributed by atoms with Crippen LogP contribution in [-0.2, 0) is 9.59 Å². The van der Waals surface area contributed by atoms with Crippen LogP contribution in [-0.4, -0.2) is 45.7 Å². The lowest BCUT2D eigenvalue weighted by molar-refractivity contribution is -0.384. The fraction of sp³-hybridized carbons (Fsp3) is 0.0769. The lowest BCUT2D eigenvalue weighted by Gasteiger charge is -2.15. The topological polar surface area (TPSA) is 140 Å². The van der Waals surface area contributed by atoms with Gasteiger partial charge in [0, 0.05) is 28.4 Å². The number of rotatable bonds is 9. The number of nitrogens with one attached hydrogen (secondary N) is 2. The molecule has 3 aromatic carbocycles. The van der Waals surface area contributed by atoms with Crippen LogP contribution in [0.3, 0.4) is 0 Å². The quantitative estimate of drug-likeness (QED) is 0.153. The van der Waals surface area contributed by atoms with Gasteiger partial charge < -0.3 is 14.8 Å². The van der Waals surface area contributed by atoms with Crippen LogP contribution < -0.4 is 20.2 Å². The number of thiocarbonyl (C=S) groups is 1. The molecule has 4 rings (SSSR count). The minimum atomic E-state index is -0.561. The van der Waals surface area contributed by atoms with Gasteiger partial charge in [-0.15, -0.1) is 0 Å². The smallest absolute Gasteiger partial charge is 0.285 e. The highest BCUT2D eigenvalue weighted by atomic mass is 35.5. The molecular weight excluding hydrogens is 580 g/mol. The van der Waals surface area contributed by atoms with Crippen molar-refractivity contribution in [2.24, 2.45) is 0 Å². The van der Waals surface area contributed by atoms with E-state index < -0.39 is 22.6 Å². The van der Waals surface area contributed by atoms with Gasteiger partial charge in [-0.3, -0.25) is 29.9 Å². The SMILES string of the molecule is COc1cc(/C=C2\SC(=S)N(NC(=O)c3ccc(Cl)cc3)C2=O)ccc1OCC(=O)Nc1cccc([N+](=O)[O-])c1. The van der Waals surface area contributed by atoms with Crippen molar-refractivity contribution in [2.75, 3.05) is 19.0 Å². The second kappa shape index (κ2) is 12.6. The standard InChI is InChI=1S/C26H19ClN4O7S2/c1-37-21-11-15(5-10-20(21)38-14-23(32)28-18-3-2-4-19(13-18)31(35)36)12-22-25(34)30(26(39)40-22)29-24(33)16-6-8-17(27)9-7-16/h2-13H,14H2,1H3,(H,28,32)(H,29,33)/b22-12-. The first-order valence-corrected chi connectivity index (χ1v) is 12.9. The van der Waals surface area contributed by atoms with Crippen molar-refractivity contribution in [1.82, 2.24) is 10.4 Å². The second-order valence-electron chi connectivity index (χ2n) is 8.02. The summed E-state index contributed by atoms with van der Waals surface area (Å²) in [5, 5.41) is 14.9. The number of nitro groups is 1. The summed E-state index contributed by atoms with van der Waals surface area (Å²) in [6, 6.07) is 16.5. The Balaban J connectivity index is 1.40. The number of hydrogen-bond acceptors (Lipinski definition) is 9. The molecule has 0 aromatic heterocycles. The molecule has 40 heavy (non-hydrogen) atoms. The highest BCUT2D eigenvalue weighted by molar-refractivity contribution is 8.26. The lowest BCUT2D eigenvalue weighted by Crippen LogP contribution is -2.44. The number of thioether (sulfide) groups is 1. The summed E-state index contributed by atoms with van der Waals surface area (Å²) >= 11 is 12.1. The molecule has 1 saturated heterocycles. The molecule has 3 aromatic rings. The first kappa shape index (κ1) is 28.5. The number of carbonyl (C=O) groups excluding carboxylic acids is 3. The van der Waals surface area contributed by atoms with Crippen molar-refractivity contribution >= 4 is 75.1 Å². The van der Waals surface area contributed by atoms with Crippen LogP contribution in [0.25, 0.3) is 6.08 Å². The van der Waals surface area contributed by atoms with Gasteiger partial charge in [0.2, 0.25) is 0 Å². The van der Waals surface area contributed by atoms with Crippen molar-refractivity contribution in [1.29, 1.82) is 0 Å². The van der Waals surface area contributed by atoms with Crippen LogP contribution >= 0.6 is 35.6 Å². The molecular formula is C26H19ClN4O7S2. The van der Waals surface area contributed by atoms with Gasteiger partial charge in [-0.1, -0.05) is 35.5 Å². The maximum atomic E-state index is 12.9. The number of hydrazine groups is 1. The number of nitrogens with zero attached hydrogens (tertiary/aromatic N) is 2. The van der Waals surface area contributed by atoms with Crippen LogP contribution in [0, 0.1) is 10.1 Å². The van der Waals surface area contributed by atoms with Crippen LogP contribution in [0.4, 0.5) is 11.4 Å². The minimum absolute atomic E-state index is 0.153. The Morgan fingerprint density at radius 2 is 1.88 bits per heavy atom. The van der Waals surface area contributed by atoms with Crippen molar-refractivity contribution in [3.05, 3.63) is 97.9 Å². The van der Waals surface area contributed by atoms with E-state index >= 15 is 0 Å². The molecule has 0 unspecified atom stereocenters. The Morgan fingerprint density at radius 3 is 2.58 bits per heavy atom. The zero-order valence-corrected chi connectivity index (χ0v) is 23.0. The highest BCUT2D eigenvalue weighted by Gasteiger charge is 2.33. The number of carbonyl (C=O) groups is 3. The van der Waals surface area contributed by atoms with Crippen molar-refractivity contribution in [2.45, 2.75) is 0 Å². The first-order valence-electron chi connectivity index (χ1n) is 11.3. The second-order valence-corrected chi connectivity index (χ2v) is 10.1. The summed E-state index contributed by atoms with van der Waals surface area (Å²) in [6.07, 6.45) is 1.58. The number of ether oxygens (including phenoxy) is 2. The Labute approximate surface area is 242 Å². The number of methoxy groups -OCH3 is 1. The third kappa shape index (κ3) is 6.94. The summed E-state index contributed by atoms with van der Waals surface area (Å²) in [4.78, 5) is 48.4. The number of non-ortho nitro benzene ring substituents is 1. The average molecular weight is 599 g/mol. The Kier molecular flexibility index (Phi) is 8.99. The van der Waals surface area contributed by atoms with Gasteiger partial charge in [0.05, 0.1) is 16.9 Å². The molecule has 0 saturated carbocycles. The molecule has 1 heterocycles. The summed E-state index contributed by atoms with van der Waals surface area (Å²) in [5.41, 5.74) is 3.48. The molecule has 1 aliphatic rings. The largest absolute Gasteiger partial charge is 0.493 e. The molecule has 2 N–H and O–H groups in total. The molecule has 0 aliphatic carbocycles. The van der Waals surface area contributed by atoms with Crippen LogP contribution in [0.5, 0.6) is 11.5 Å². The fourth-order valence-electron chi connectivity index (χ4n) is 3.41. The van der Waals surface area contributed by atoms with E-state index in [9.17, 15) is 24.5 Å². The van der Waals surface area contributed by atoms with Crippen molar-refractivity contribution in [3.63, 3.8) is 0 Å². The summed E-state index contributed by atoms with van der Waals surface area (Å²) < 4.78 is 11.1. The Bertz CT molecular complexity index is 1550. The van der Waals surface area contributed by atoms with E-state index in [1.54, 1.807) is 36.4 Å². The maximum Gasteiger partial charge on any atom is 0.285 e. The predicted molar refractivity (Wildman–Crippen MR) is 154 cm³/mol. The summed E-state index contributed by atoms with van der Waals surface area (Å²) in [6.45, 7) is -0.385. The molecule has 1 fully saturated rings. The van der Waals surface area contributed by atoms with Gasteiger partial charge in [0.1, 0.15) is 0 Å². The number of benzene rings is 3. The summed E-state index contributed by atoms with van der Waals surface area (Å²) in [5.74, 6) is -1.00. The Morgan fingerprint density at radius 1 is 1.12 bits per heavy atom. The van der Waals surface area contributed by atoms with Gasteiger partial charge in [-0.2, -0.15) is 5.01 Å². The molecule has 0 atom stereocenters. The van der Waals surface area contributed by atoms with Gasteiger partial charge >= 0.3 is 0 Å². The van der Waals surface area contributed by atoms with E-state index in [-0.39, 0.29) is 33.0 Å². The predicted octanol–water partition coefficient (Wildman–Crippen LogP) is 4.82. The van der Waals surface area contributed by atoms with Crippen LogP contribution in [0.2, 0.25) is 5.02 Å². The number of amides is 3. The number of anilines is 1. The third-order valence-electron chi connectivity index (χ3n) is 5.30. The fourth-order valence-corrected chi connectivity index (χ4v) is 4.72. The molecule has 0 radical (unpaired) electrons. The van der Waals surface area contributed by atoms with Gasteiger partial charge in [0.15, 0.2) is 22.4 Å². The molecule has 1 aliphatic heterocycles. The van der Waals surface area contributed by atoms with E-state index in [4.69, 9.17) is 33.3 Å². The average Bonchev–Trinajstić information content (AvgIpc) is 3.19. The molecule has 204 valence electrons. The lowest BCUT2D eigenvalue weighted by atomic mass is 10.2. The normalized spacial score (nSPS) is 13.8. The minimum Gasteiger partial charge on any atom is -0.493 e. The number of hydrogen-bond donors (Lipinski definition) is 2. The zero-order chi connectivity index (χ0) is 28.8. The van der Waals surface area contributed by atoms with Gasteiger partial charge in [-0.25, -0.2) is 0 Å². The zero-order valence-electron chi connectivity index (χ0n) is 20.6. The highest BCUT2D eigenvalue weighted by Crippen LogP contribution is 2.34. The molecule has 11 nitrogen and oxygen atoms in total. The molecule has 3 amide bonds. The Hall–Kier alpha value is -4.46. The van der Waals surface area contributed by atoms with Crippen molar-refractivity contribution < 1.29 is 28.8 Å². The third-order valence-corrected chi connectivity index (χ3v) is 6.85. The molecule has 14 heteroatoms. The van der Waals surface area contributed by atoms with E-state index in [1.165, 1.54) is 43.5 Å². The molecule has 0 spiro atoms. The first-order chi connectivity index (χ1) is 19.1. The van der Waals surface area contributed by atoms with E-state index in [1.807, 2.05) is 0 Å². The van der Waals surface area contributed by atoms with E-state index in [0.717, 1.165) is 16.8 Å². The monoisotopic (exact) mass is 598 g/mol. The molecule has 0 bridgehead atoms. The summed E-state index contributed by atoms with van der Waals surface area (Å²) in [7, 11) is 1.42. The van der Waals surface area contributed by atoms with Gasteiger partial charge in [0.25, 0.3) is 23.4 Å². The van der Waals surface area contributed by atoms with Crippen LogP contribution in [0.1, 0.15) is 15.9 Å².